The third-order valence-electron chi connectivity index (χ3n) is 3.16. The van der Waals surface area contributed by atoms with Gasteiger partial charge in [0.2, 0.25) is 0 Å². The van der Waals surface area contributed by atoms with Crippen molar-refractivity contribution < 1.29 is 0 Å². The summed E-state index contributed by atoms with van der Waals surface area (Å²) < 4.78 is 0. The average Bonchev–Trinajstić information content (AvgIpc) is 2.65. The number of rotatable bonds is 3. The number of hydrogen-bond acceptors (Lipinski definition) is 2. The fourth-order valence-electron chi connectivity index (χ4n) is 2.32. The van der Waals surface area contributed by atoms with E-state index in [-0.39, 0.29) is 0 Å². The van der Waals surface area contributed by atoms with Crippen molar-refractivity contribution >= 4 is 17.4 Å². The summed E-state index contributed by atoms with van der Waals surface area (Å²) in [7, 11) is 0. The minimum absolute atomic E-state index is 0.688. The fourth-order valence-corrected chi connectivity index (χ4v) is 2.88. The van der Waals surface area contributed by atoms with Gasteiger partial charge >= 0.3 is 0 Å². The van der Waals surface area contributed by atoms with Crippen molar-refractivity contribution in [1.29, 1.82) is 0 Å². The molecular formula is C13H19NS. The van der Waals surface area contributed by atoms with E-state index in [2.05, 4.69) is 42.8 Å². The lowest BCUT2D eigenvalue weighted by Gasteiger charge is -2.16. The SMILES string of the molecule is CSc1ccccc1N[C@H]1CC[C@@H](C)C1. The van der Waals surface area contributed by atoms with E-state index in [0.29, 0.717) is 6.04 Å². The zero-order valence-electron chi connectivity index (χ0n) is 9.49. The summed E-state index contributed by atoms with van der Waals surface area (Å²) in [4.78, 5) is 1.36. The predicted molar refractivity (Wildman–Crippen MR) is 68.6 cm³/mol. The molecule has 0 saturated heterocycles. The highest BCUT2D eigenvalue weighted by molar-refractivity contribution is 7.98. The first kappa shape index (κ1) is 10.9. The third-order valence-corrected chi connectivity index (χ3v) is 3.96. The van der Waals surface area contributed by atoms with Gasteiger partial charge < -0.3 is 5.32 Å². The van der Waals surface area contributed by atoms with Crippen molar-refractivity contribution in [3.05, 3.63) is 24.3 Å². The monoisotopic (exact) mass is 221 g/mol. The molecule has 0 radical (unpaired) electrons. The summed E-state index contributed by atoms with van der Waals surface area (Å²) in [6.07, 6.45) is 6.16. The second-order valence-corrected chi connectivity index (χ2v) is 5.31. The van der Waals surface area contributed by atoms with E-state index < -0.39 is 0 Å². The second kappa shape index (κ2) is 4.93. The van der Waals surface area contributed by atoms with Gasteiger partial charge in [-0.1, -0.05) is 19.1 Å². The predicted octanol–water partition coefficient (Wildman–Crippen LogP) is 4.01. The van der Waals surface area contributed by atoms with Crippen LogP contribution in [0.4, 0.5) is 5.69 Å². The molecule has 15 heavy (non-hydrogen) atoms. The van der Waals surface area contributed by atoms with Crippen molar-refractivity contribution in [2.24, 2.45) is 5.92 Å². The van der Waals surface area contributed by atoms with Crippen LogP contribution < -0.4 is 5.32 Å². The van der Waals surface area contributed by atoms with Gasteiger partial charge in [-0.05, 0) is 43.6 Å². The molecule has 1 nitrogen and oxygen atoms in total. The molecule has 2 heteroatoms. The number of benzene rings is 1. The van der Waals surface area contributed by atoms with Crippen molar-refractivity contribution in [2.45, 2.75) is 37.1 Å². The van der Waals surface area contributed by atoms with Gasteiger partial charge in [0.05, 0.1) is 0 Å². The maximum atomic E-state index is 3.67. The first-order chi connectivity index (χ1) is 7.29. The normalized spacial score (nSPS) is 25.5. The van der Waals surface area contributed by atoms with Crippen molar-refractivity contribution in [2.75, 3.05) is 11.6 Å². The van der Waals surface area contributed by atoms with E-state index in [0.717, 1.165) is 5.92 Å². The van der Waals surface area contributed by atoms with Gasteiger partial charge in [-0.25, -0.2) is 0 Å². The highest BCUT2D eigenvalue weighted by atomic mass is 32.2. The molecule has 0 amide bonds. The Morgan fingerprint density at radius 2 is 2.07 bits per heavy atom. The summed E-state index contributed by atoms with van der Waals surface area (Å²) in [5, 5.41) is 3.67. The summed E-state index contributed by atoms with van der Waals surface area (Å²) in [5.41, 5.74) is 1.31. The van der Waals surface area contributed by atoms with Crippen LogP contribution in [0.3, 0.4) is 0 Å². The van der Waals surface area contributed by atoms with E-state index >= 15 is 0 Å². The number of thioether (sulfide) groups is 1. The number of anilines is 1. The van der Waals surface area contributed by atoms with Gasteiger partial charge in [-0.2, -0.15) is 0 Å². The zero-order chi connectivity index (χ0) is 10.7. The van der Waals surface area contributed by atoms with Crippen molar-refractivity contribution in [3.8, 4) is 0 Å². The minimum atomic E-state index is 0.688. The molecule has 0 unspecified atom stereocenters. The molecule has 1 fully saturated rings. The summed E-state index contributed by atoms with van der Waals surface area (Å²) in [6.45, 7) is 2.35. The van der Waals surface area contributed by atoms with Crippen LogP contribution in [-0.4, -0.2) is 12.3 Å². The summed E-state index contributed by atoms with van der Waals surface area (Å²) in [5.74, 6) is 0.893. The molecule has 2 rings (SSSR count). The van der Waals surface area contributed by atoms with Gasteiger partial charge in [0.1, 0.15) is 0 Å². The van der Waals surface area contributed by atoms with E-state index in [4.69, 9.17) is 0 Å². The summed E-state index contributed by atoms with van der Waals surface area (Å²) >= 11 is 1.82. The van der Waals surface area contributed by atoms with E-state index in [1.807, 2.05) is 11.8 Å². The topological polar surface area (TPSA) is 12.0 Å². The van der Waals surface area contributed by atoms with Crippen molar-refractivity contribution in [1.82, 2.24) is 0 Å². The second-order valence-electron chi connectivity index (χ2n) is 4.46. The number of para-hydroxylation sites is 1. The standard InChI is InChI=1S/C13H19NS/c1-10-7-8-11(9-10)14-12-5-3-4-6-13(12)15-2/h3-6,10-11,14H,7-9H2,1-2H3/t10-,11+/m1/s1. The Bertz CT molecular complexity index is 324. The molecule has 0 heterocycles. The van der Waals surface area contributed by atoms with Crippen LogP contribution in [0.1, 0.15) is 26.2 Å². The summed E-state index contributed by atoms with van der Waals surface area (Å²) in [6, 6.07) is 9.28. The minimum Gasteiger partial charge on any atom is -0.381 e. The Balaban J connectivity index is 2.04. The Labute approximate surface area is 96.7 Å². The molecule has 1 aromatic carbocycles. The molecule has 0 aromatic heterocycles. The molecule has 1 aliphatic rings. The lowest BCUT2D eigenvalue weighted by atomic mass is 10.1. The van der Waals surface area contributed by atoms with Crippen LogP contribution in [0.5, 0.6) is 0 Å². The van der Waals surface area contributed by atoms with Gasteiger partial charge in [-0.3, -0.25) is 0 Å². The maximum Gasteiger partial charge on any atom is 0.0480 e. The van der Waals surface area contributed by atoms with Crippen LogP contribution in [-0.2, 0) is 0 Å². The molecule has 82 valence electrons. The molecule has 0 bridgehead atoms. The first-order valence-electron chi connectivity index (χ1n) is 5.69. The van der Waals surface area contributed by atoms with E-state index in [1.54, 1.807) is 0 Å². The highest BCUT2D eigenvalue weighted by Gasteiger charge is 2.21. The Kier molecular flexibility index (Phi) is 3.57. The average molecular weight is 221 g/mol. The van der Waals surface area contributed by atoms with Gasteiger partial charge in [0.25, 0.3) is 0 Å². The quantitative estimate of drug-likeness (QED) is 0.774. The van der Waals surface area contributed by atoms with E-state index in [9.17, 15) is 0 Å². The molecule has 1 aliphatic carbocycles. The molecule has 1 N–H and O–H groups in total. The molecular weight excluding hydrogens is 202 g/mol. The molecule has 2 atom stereocenters. The van der Waals surface area contributed by atoms with Crippen LogP contribution in [0.25, 0.3) is 0 Å². The lowest BCUT2D eigenvalue weighted by Crippen LogP contribution is -2.15. The molecule has 1 saturated carbocycles. The largest absolute Gasteiger partial charge is 0.381 e. The van der Waals surface area contributed by atoms with Gasteiger partial charge in [0.15, 0.2) is 0 Å². The Morgan fingerprint density at radius 3 is 2.73 bits per heavy atom. The number of hydrogen-bond donors (Lipinski definition) is 1. The van der Waals surface area contributed by atoms with Crippen LogP contribution in [0, 0.1) is 5.92 Å². The first-order valence-corrected chi connectivity index (χ1v) is 6.91. The zero-order valence-corrected chi connectivity index (χ0v) is 10.3. The Hall–Kier alpha value is -0.630. The Morgan fingerprint density at radius 1 is 1.27 bits per heavy atom. The molecule has 0 aliphatic heterocycles. The van der Waals surface area contributed by atoms with Crippen LogP contribution >= 0.6 is 11.8 Å². The van der Waals surface area contributed by atoms with Crippen molar-refractivity contribution in [3.63, 3.8) is 0 Å². The van der Waals surface area contributed by atoms with Gasteiger partial charge in [-0.15, -0.1) is 11.8 Å². The fraction of sp³-hybridized carbons (Fsp3) is 0.538. The smallest absolute Gasteiger partial charge is 0.0480 e. The number of nitrogens with one attached hydrogen (secondary N) is 1. The van der Waals surface area contributed by atoms with Gasteiger partial charge in [0, 0.05) is 16.6 Å². The molecule has 1 aromatic rings. The van der Waals surface area contributed by atoms with Crippen LogP contribution in [0.15, 0.2) is 29.2 Å². The third kappa shape index (κ3) is 2.69. The van der Waals surface area contributed by atoms with Crippen LogP contribution in [0.2, 0.25) is 0 Å². The highest BCUT2D eigenvalue weighted by Crippen LogP contribution is 2.31. The maximum absolute atomic E-state index is 3.67. The van der Waals surface area contributed by atoms with E-state index in [1.165, 1.54) is 29.8 Å². The molecule has 0 spiro atoms. The lowest BCUT2D eigenvalue weighted by molar-refractivity contribution is 0.602.